The van der Waals surface area contributed by atoms with Gasteiger partial charge in [0, 0.05) is 18.0 Å². The number of rotatable bonds is 7. The van der Waals surface area contributed by atoms with Crippen molar-refractivity contribution in [3.8, 4) is 17.1 Å². The fraction of sp³-hybridized carbons (Fsp3) is 0.263. The zero-order valence-corrected chi connectivity index (χ0v) is 14.8. The molecule has 7 nitrogen and oxygen atoms in total. The minimum absolute atomic E-state index is 0.0801. The van der Waals surface area contributed by atoms with E-state index in [1.807, 2.05) is 50.2 Å². The number of nitrogens with zero attached hydrogens (tertiary/aromatic N) is 3. The lowest BCUT2D eigenvalue weighted by Gasteiger charge is -2.11. The van der Waals surface area contributed by atoms with Gasteiger partial charge in [-0.1, -0.05) is 12.1 Å². The summed E-state index contributed by atoms with van der Waals surface area (Å²) in [5.74, 6) is 1.91. The molecule has 3 aromatic rings. The van der Waals surface area contributed by atoms with E-state index in [2.05, 4.69) is 25.5 Å². The Balaban J connectivity index is 1.58. The average Bonchev–Trinajstić information content (AvgIpc) is 3.15. The molecule has 134 valence electrons. The highest BCUT2D eigenvalue weighted by molar-refractivity contribution is 5.78. The molecule has 0 bridgehead atoms. The van der Waals surface area contributed by atoms with Gasteiger partial charge in [-0.05, 0) is 43.7 Å². The van der Waals surface area contributed by atoms with Gasteiger partial charge >= 0.3 is 0 Å². The first kappa shape index (κ1) is 17.6. The van der Waals surface area contributed by atoms with Gasteiger partial charge in [0.2, 0.25) is 5.91 Å². The van der Waals surface area contributed by atoms with Crippen LogP contribution in [0.15, 0.2) is 48.8 Å². The Hall–Kier alpha value is -3.22. The third-order valence-corrected chi connectivity index (χ3v) is 3.83. The molecule has 2 aromatic heterocycles. The third kappa shape index (κ3) is 4.44. The highest BCUT2D eigenvalue weighted by atomic mass is 16.5. The van der Waals surface area contributed by atoms with Crippen LogP contribution < -0.4 is 10.1 Å². The molecule has 0 fully saturated rings. The summed E-state index contributed by atoms with van der Waals surface area (Å²) in [6.45, 7) is 4.43. The molecule has 0 spiro atoms. The topological polar surface area (TPSA) is 92.8 Å². The molecule has 0 aliphatic rings. The van der Waals surface area contributed by atoms with Crippen LogP contribution in [0.4, 0.5) is 0 Å². The van der Waals surface area contributed by atoms with Crippen LogP contribution in [0.5, 0.6) is 5.75 Å². The normalized spacial score (nSPS) is 11.8. The van der Waals surface area contributed by atoms with Crippen molar-refractivity contribution < 1.29 is 9.53 Å². The van der Waals surface area contributed by atoms with E-state index in [0.29, 0.717) is 24.7 Å². The Labute approximate surface area is 151 Å². The number of H-pyrrole nitrogens is 1. The zero-order valence-electron chi connectivity index (χ0n) is 14.8. The molecule has 2 N–H and O–H groups in total. The van der Waals surface area contributed by atoms with E-state index in [1.54, 1.807) is 12.4 Å². The van der Waals surface area contributed by atoms with Crippen LogP contribution in [0, 0.1) is 0 Å². The minimum Gasteiger partial charge on any atom is -0.494 e. The summed E-state index contributed by atoms with van der Waals surface area (Å²) in [5, 5.41) is 10.0. The molecule has 0 radical (unpaired) electrons. The van der Waals surface area contributed by atoms with Gasteiger partial charge in [-0.15, -0.1) is 0 Å². The second kappa shape index (κ2) is 8.24. The van der Waals surface area contributed by atoms with E-state index in [-0.39, 0.29) is 11.9 Å². The summed E-state index contributed by atoms with van der Waals surface area (Å²) in [6.07, 6.45) is 3.67. The molecule has 0 aliphatic carbocycles. The second-order valence-electron chi connectivity index (χ2n) is 5.82. The van der Waals surface area contributed by atoms with Crippen LogP contribution in [-0.2, 0) is 11.2 Å². The fourth-order valence-electron chi connectivity index (χ4n) is 2.51. The molecule has 2 heterocycles. The zero-order chi connectivity index (χ0) is 18.4. The van der Waals surface area contributed by atoms with Crippen LogP contribution >= 0.6 is 0 Å². The predicted octanol–water partition coefficient (Wildman–Crippen LogP) is 2.69. The van der Waals surface area contributed by atoms with Gasteiger partial charge in [0.1, 0.15) is 11.6 Å². The second-order valence-corrected chi connectivity index (χ2v) is 5.82. The molecule has 26 heavy (non-hydrogen) atoms. The lowest BCUT2D eigenvalue weighted by atomic mass is 10.1. The molecule has 0 saturated carbocycles. The van der Waals surface area contributed by atoms with Gasteiger partial charge in [0.25, 0.3) is 0 Å². The van der Waals surface area contributed by atoms with Crippen LogP contribution in [0.25, 0.3) is 11.4 Å². The predicted molar refractivity (Wildman–Crippen MR) is 97.5 cm³/mol. The Bertz CT molecular complexity index is 846. The molecule has 7 heteroatoms. The van der Waals surface area contributed by atoms with E-state index in [4.69, 9.17) is 4.74 Å². The Kier molecular flexibility index (Phi) is 5.58. The molecule has 1 aromatic carbocycles. The van der Waals surface area contributed by atoms with Crippen molar-refractivity contribution in [3.63, 3.8) is 0 Å². The first-order valence-electron chi connectivity index (χ1n) is 8.49. The van der Waals surface area contributed by atoms with Crippen molar-refractivity contribution in [2.24, 2.45) is 0 Å². The van der Waals surface area contributed by atoms with Crippen LogP contribution in [-0.4, -0.2) is 32.7 Å². The summed E-state index contributed by atoms with van der Waals surface area (Å²) in [4.78, 5) is 20.7. The smallest absolute Gasteiger partial charge is 0.224 e. The number of benzene rings is 1. The molecule has 1 atom stereocenters. The highest BCUT2D eigenvalue weighted by Gasteiger charge is 2.15. The van der Waals surface area contributed by atoms with Crippen molar-refractivity contribution in [1.29, 1.82) is 0 Å². The van der Waals surface area contributed by atoms with Crippen molar-refractivity contribution in [2.45, 2.75) is 26.3 Å². The summed E-state index contributed by atoms with van der Waals surface area (Å²) in [7, 11) is 0. The van der Waals surface area contributed by atoms with E-state index < -0.39 is 0 Å². The fourth-order valence-corrected chi connectivity index (χ4v) is 2.51. The third-order valence-electron chi connectivity index (χ3n) is 3.83. The Morgan fingerprint density at radius 3 is 2.62 bits per heavy atom. The maximum Gasteiger partial charge on any atom is 0.224 e. The maximum atomic E-state index is 12.3. The number of amides is 1. The summed E-state index contributed by atoms with van der Waals surface area (Å²) >= 11 is 0. The molecule has 1 amide bonds. The van der Waals surface area contributed by atoms with Crippen LogP contribution in [0.3, 0.4) is 0 Å². The van der Waals surface area contributed by atoms with Crippen LogP contribution in [0.1, 0.15) is 31.3 Å². The molecular weight excluding hydrogens is 330 g/mol. The average molecular weight is 351 g/mol. The summed E-state index contributed by atoms with van der Waals surface area (Å²) in [5.41, 5.74) is 1.80. The Morgan fingerprint density at radius 2 is 1.92 bits per heavy atom. The molecular formula is C19H21N5O2. The first-order valence-corrected chi connectivity index (χ1v) is 8.49. The maximum absolute atomic E-state index is 12.3. The van der Waals surface area contributed by atoms with Gasteiger partial charge in [0.05, 0.1) is 19.1 Å². The van der Waals surface area contributed by atoms with Gasteiger partial charge in [0.15, 0.2) is 5.82 Å². The lowest BCUT2D eigenvalue weighted by molar-refractivity contribution is -0.121. The number of carbonyl (C=O) groups excluding carboxylic acids is 1. The van der Waals surface area contributed by atoms with Crippen molar-refractivity contribution in [1.82, 2.24) is 25.5 Å². The SMILES string of the molecule is CCOc1ccc(CC(=O)NC(C)c2nc(-c3ccncc3)n[nH]2)cc1. The number of aromatic amines is 1. The molecule has 0 aliphatic heterocycles. The number of nitrogens with one attached hydrogen (secondary N) is 2. The standard InChI is InChI=1S/C19H21N5O2/c1-3-26-16-6-4-14(5-7-16)12-17(25)21-13(2)18-22-19(24-23-18)15-8-10-20-11-9-15/h4-11,13H,3,12H2,1-2H3,(H,21,25)(H,22,23,24). The largest absolute Gasteiger partial charge is 0.494 e. The van der Waals surface area contributed by atoms with Gasteiger partial charge in [-0.25, -0.2) is 4.98 Å². The molecule has 1 unspecified atom stereocenters. The summed E-state index contributed by atoms with van der Waals surface area (Å²) < 4.78 is 5.40. The monoisotopic (exact) mass is 351 g/mol. The van der Waals surface area contributed by atoms with E-state index in [0.717, 1.165) is 16.9 Å². The van der Waals surface area contributed by atoms with Crippen molar-refractivity contribution in [2.75, 3.05) is 6.61 Å². The lowest BCUT2D eigenvalue weighted by Crippen LogP contribution is -2.28. The number of carbonyl (C=O) groups is 1. The first-order chi connectivity index (χ1) is 12.7. The van der Waals surface area contributed by atoms with E-state index in [1.165, 1.54) is 0 Å². The number of hydrogen-bond acceptors (Lipinski definition) is 5. The minimum atomic E-state index is -0.270. The quantitative estimate of drug-likeness (QED) is 0.683. The number of pyridine rings is 1. The van der Waals surface area contributed by atoms with Gasteiger partial charge in [-0.3, -0.25) is 14.9 Å². The molecule has 0 saturated heterocycles. The van der Waals surface area contributed by atoms with Gasteiger partial charge in [-0.2, -0.15) is 5.10 Å². The number of hydrogen-bond donors (Lipinski definition) is 2. The highest BCUT2D eigenvalue weighted by Crippen LogP contribution is 2.16. The molecule has 3 rings (SSSR count). The van der Waals surface area contributed by atoms with Crippen molar-refractivity contribution >= 4 is 5.91 Å². The number of ether oxygens (including phenoxy) is 1. The van der Waals surface area contributed by atoms with Crippen LogP contribution in [0.2, 0.25) is 0 Å². The van der Waals surface area contributed by atoms with E-state index >= 15 is 0 Å². The number of aromatic nitrogens is 4. The van der Waals surface area contributed by atoms with E-state index in [9.17, 15) is 4.79 Å². The van der Waals surface area contributed by atoms with Gasteiger partial charge < -0.3 is 10.1 Å². The summed E-state index contributed by atoms with van der Waals surface area (Å²) in [6, 6.07) is 10.9. The van der Waals surface area contributed by atoms with Crippen molar-refractivity contribution in [3.05, 3.63) is 60.2 Å². The Morgan fingerprint density at radius 1 is 1.19 bits per heavy atom.